The highest BCUT2D eigenvalue weighted by atomic mass is 32.2. The van der Waals surface area contributed by atoms with Crippen molar-refractivity contribution < 1.29 is 23.0 Å². The third-order valence-electron chi connectivity index (χ3n) is 5.80. The Balaban J connectivity index is 1.23. The zero-order valence-electron chi connectivity index (χ0n) is 17.3. The predicted molar refractivity (Wildman–Crippen MR) is 110 cm³/mol. The molecule has 4 rings (SSSR count). The number of rotatable bonds is 6. The molecule has 1 saturated heterocycles. The molecule has 1 aromatic heterocycles. The third-order valence-corrected chi connectivity index (χ3v) is 6.74. The van der Waals surface area contributed by atoms with Crippen LogP contribution in [0.15, 0.2) is 33.7 Å². The molecule has 2 heterocycles. The van der Waals surface area contributed by atoms with Gasteiger partial charge in [-0.1, -0.05) is 5.16 Å². The molecule has 0 spiro atoms. The Hall–Kier alpha value is -2.26. The Morgan fingerprint density at radius 3 is 2.57 bits per heavy atom. The Morgan fingerprint density at radius 2 is 1.97 bits per heavy atom. The second kappa shape index (κ2) is 8.85. The lowest BCUT2D eigenvalue weighted by Crippen LogP contribution is -2.46. The van der Waals surface area contributed by atoms with Crippen molar-refractivity contribution in [3.05, 3.63) is 30.2 Å². The van der Waals surface area contributed by atoms with Gasteiger partial charge in [0.1, 0.15) is 12.2 Å². The van der Waals surface area contributed by atoms with Crippen molar-refractivity contribution >= 4 is 16.9 Å². The van der Waals surface area contributed by atoms with Crippen LogP contribution in [0, 0.1) is 0 Å². The van der Waals surface area contributed by atoms with E-state index in [-0.39, 0.29) is 24.4 Å². The van der Waals surface area contributed by atoms with E-state index in [1.54, 1.807) is 23.3 Å². The Bertz CT molecular complexity index is 902. The molecule has 2 aromatic rings. The van der Waals surface area contributed by atoms with Gasteiger partial charge in [-0.2, -0.15) is 4.98 Å². The van der Waals surface area contributed by atoms with Crippen LogP contribution in [-0.2, 0) is 26.9 Å². The van der Waals surface area contributed by atoms with Crippen molar-refractivity contribution in [2.45, 2.75) is 62.2 Å². The molecule has 8 nitrogen and oxygen atoms in total. The first-order valence-electron chi connectivity index (χ1n) is 10.3. The largest absolute Gasteiger partial charge is 0.443 e. The summed E-state index contributed by atoms with van der Waals surface area (Å²) in [5.74, 6) is 0.886. The topological polar surface area (TPSA) is 94.8 Å². The molecule has 1 atom stereocenters. The van der Waals surface area contributed by atoms with Gasteiger partial charge < -0.3 is 18.9 Å². The van der Waals surface area contributed by atoms with Gasteiger partial charge in [0.2, 0.25) is 5.82 Å². The van der Waals surface area contributed by atoms with Crippen LogP contribution in [0.1, 0.15) is 44.9 Å². The van der Waals surface area contributed by atoms with Crippen molar-refractivity contribution in [1.82, 2.24) is 15.0 Å². The fourth-order valence-electron chi connectivity index (χ4n) is 3.67. The molecule has 1 aliphatic carbocycles. The van der Waals surface area contributed by atoms with Crippen molar-refractivity contribution in [1.29, 1.82) is 0 Å². The second-order valence-corrected chi connectivity index (χ2v) is 9.54. The summed E-state index contributed by atoms with van der Waals surface area (Å²) in [6, 6.07) is 7.24. The maximum absolute atomic E-state index is 12.3. The highest BCUT2D eigenvalue weighted by Gasteiger charge is 2.37. The first kappa shape index (κ1) is 21.0. The normalized spacial score (nSPS) is 19.9. The fourth-order valence-corrected chi connectivity index (χ4v) is 4.19. The highest BCUT2D eigenvalue weighted by molar-refractivity contribution is 7.84. The van der Waals surface area contributed by atoms with Gasteiger partial charge in [-0.3, -0.25) is 4.21 Å². The minimum absolute atomic E-state index is 0.0440. The Kier molecular flexibility index (Phi) is 6.19. The number of likely N-dealkylation sites (tertiary alicyclic amines) is 1. The molecule has 0 bridgehead atoms. The van der Waals surface area contributed by atoms with Crippen LogP contribution in [0.2, 0.25) is 0 Å². The second-order valence-electron chi connectivity index (χ2n) is 8.16. The fraction of sp³-hybridized carbons (Fsp3) is 0.571. The Labute approximate surface area is 178 Å². The molecule has 1 aromatic carbocycles. The minimum Gasteiger partial charge on any atom is -0.443 e. The standard InChI is InChI=1S/C21H27N3O5S/c1-21(10-3-11-21)28-20(25)24-12-8-16(9-13-24)27-14-18-22-19(23-29-18)15-4-6-17(7-5-15)30(2)26/h4-7,16H,3,8-14H2,1-2H3. The lowest BCUT2D eigenvalue weighted by atomic mass is 9.82. The smallest absolute Gasteiger partial charge is 0.410 e. The number of piperidine rings is 1. The summed E-state index contributed by atoms with van der Waals surface area (Å²) in [6.07, 6.45) is 6.00. The molecule has 9 heteroatoms. The summed E-state index contributed by atoms with van der Waals surface area (Å²) >= 11 is 0. The zero-order valence-corrected chi connectivity index (χ0v) is 18.2. The molecular formula is C21H27N3O5S. The van der Waals surface area contributed by atoms with Crippen LogP contribution in [-0.4, -0.2) is 56.4 Å². The Morgan fingerprint density at radius 1 is 1.27 bits per heavy atom. The van der Waals surface area contributed by atoms with E-state index in [1.807, 2.05) is 19.1 Å². The number of nitrogens with zero attached hydrogens (tertiary/aromatic N) is 3. The summed E-state index contributed by atoms with van der Waals surface area (Å²) in [5, 5.41) is 4.00. The van der Waals surface area contributed by atoms with Crippen LogP contribution < -0.4 is 0 Å². The van der Waals surface area contributed by atoms with E-state index in [9.17, 15) is 9.00 Å². The van der Waals surface area contributed by atoms with Crippen molar-refractivity contribution in [2.24, 2.45) is 0 Å². The summed E-state index contributed by atoms with van der Waals surface area (Å²) in [4.78, 5) is 19.2. The monoisotopic (exact) mass is 433 g/mol. The maximum atomic E-state index is 12.3. The third kappa shape index (κ3) is 4.89. The number of carbonyl (C=O) groups is 1. The van der Waals surface area contributed by atoms with Crippen LogP contribution in [0.5, 0.6) is 0 Å². The number of benzene rings is 1. The zero-order chi connectivity index (χ0) is 21.1. The van der Waals surface area contributed by atoms with Crippen LogP contribution in [0.4, 0.5) is 4.79 Å². The van der Waals surface area contributed by atoms with E-state index in [2.05, 4.69) is 10.1 Å². The first-order valence-corrected chi connectivity index (χ1v) is 11.8. The van der Waals surface area contributed by atoms with E-state index < -0.39 is 10.8 Å². The van der Waals surface area contributed by atoms with E-state index in [4.69, 9.17) is 14.0 Å². The molecule has 1 unspecified atom stereocenters. The molecule has 1 aliphatic heterocycles. The lowest BCUT2D eigenvalue weighted by molar-refractivity contribution is -0.0589. The van der Waals surface area contributed by atoms with Gasteiger partial charge in [0.15, 0.2) is 0 Å². The number of ether oxygens (including phenoxy) is 2. The summed E-state index contributed by atoms with van der Waals surface area (Å²) in [6.45, 7) is 3.48. The van der Waals surface area contributed by atoms with E-state index in [1.165, 1.54) is 0 Å². The highest BCUT2D eigenvalue weighted by Crippen LogP contribution is 2.35. The summed E-state index contributed by atoms with van der Waals surface area (Å²) < 4.78 is 28.3. The number of hydrogen-bond acceptors (Lipinski definition) is 7. The van der Waals surface area contributed by atoms with Gasteiger partial charge in [-0.25, -0.2) is 4.79 Å². The van der Waals surface area contributed by atoms with Crippen LogP contribution in [0.3, 0.4) is 0 Å². The van der Waals surface area contributed by atoms with Crippen LogP contribution >= 0.6 is 0 Å². The molecule has 1 amide bonds. The van der Waals surface area contributed by atoms with Crippen molar-refractivity contribution in [3.8, 4) is 11.4 Å². The first-order chi connectivity index (χ1) is 14.4. The van der Waals surface area contributed by atoms with Gasteiger partial charge >= 0.3 is 6.09 Å². The van der Waals surface area contributed by atoms with E-state index >= 15 is 0 Å². The van der Waals surface area contributed by atoms with Crippen molar-refractivity contribution in [3.63, 3.8) is 0 Å². The molecule has 1 saturated carbocycles. The number of hydrogen-bond donors (Lipinski definition) is 0. The van der Waals surface area contributed by atoms with Gasteiger partial charge in [-0.05, 0) is 63.3 Å². The van der Waals surface area contributed by atoms with Crippen LogP contribution in [0.25, 0.3) is 11.4 Å². The number of amides is 1. The SMILES string of the molecule is CS(=O)c1ccc(-c2noc(COC3CCN(C(=O)OC4(C)CCC4)CC3)n2)cc1. The molecular weight excluding hydrogens is 406 g/mol. The van der Waals surface area contributed by atoms with E-state index in [0.717, 1.165) is 42.6 Å². The quantitative estimate of drug-likeness (QED) is 0.688. The molecule has 30 heavy (non-hydrogen) atoms. The van der Waals surface area contributed by atoms with E-state index in [0.29, 0.717) is 24.8 Å². The van der Waals surface area contributed by atoms with Gasteiger partial charge in [0, 0.05) is 40.6 Å². The van der Waals surface area contributed by atoms with Gasteiger partial charge in [0.25, 0.3) is 5.89 Å². The van der Waals surface area contributed by atoms with Gasteiger partial charge in [-0.15, -0.1) is 0 Å². The molecule has 162 valence electrons. The maximum Gasteiger partial charge on any atom is 0.410 e. The van der Waals surface area contributed by atoms with Crippen molar-refractivity contribution in [2.75, 3.05) is 19.3 Å². The molecule has 2 aliphatic rings. The minimum atomic E-state index is -1.02. The summed E-state index contributed by atoms with van der Waals surface area (Å²) in [5.41, 5.74) is 0.528. The lowest BCUT2D eigenvalue weighted by Gasteiger charge is -2.40. The number of aromatic nitrogens is 2. The molecule has 0 radical (unpaired) electrons. The number of carbonyl (C=O) groups excluding carboxylic acids is 1. The average Bonchev–Trinajstić information content (AvgIpc) is 3.20. The van der Waals surface area contributed by atoms with Gasteiger partial charge in [0.05, 0.1) is 6.10 Å². The molecule has 2 fully saturated rings. The predicted octanol–water partition coefficient (Wildman–Crippen LogP) is 3.53. The average molecular weight is 434 g/mol. The molecule has 0 N–H and O–H groups in total. The summed E-state index contributed by atoms with van der Waals surface area (Å²) in [7, 11) is -1.02.